The van der Waals surface area contributed by atoms with Crippen molar-refractivity contribution in [2.24, 2.45) is 4.99 Å². The van der Waals surface area contributed by atoms with Crippen LogP contribution in [-0.2, 0) is 0 Å². The molecule has 1 aliphatic rings. The Bertz CT molecular complexity index is 785. The van der Waals surface area contributed by atoms with E-state index in [-0.39, 0.29) is 0 Å². The molecule has 0 fully saturated rings. The average Bonchev–Trinajstić information content (AvgIpc) is 2.49. The van der Waals surface area contributed by atoms with Gasteiger partial charge >= 0.3 is 0 Å². The second-order valence-electron chi connectivity index (χ2n) is 4.52. The smallest absolute Gasteiger partial charge is 0.227 e. The van der Waals surface area contributed by atoms with Crippen molar-refractivity contribution in [2.45, 2.75) is 0 Å². The molecule has 3 aromatic rings. The lowest BCUT2D eigenvalue weighted by molar-refractivity contribution is 0.555. The SMILES string of the molecule is c1ccc(C2=Nc3cccc4cccc(c34)O2)cc1. The van der Waals surface area contributed by atoms with Gasteiger partial charge in [0.05, 0.1) is 11.1 Å². The first-order chi connectivity index (χ1) is 9.42. The summed E-state index contributed by atoms with van der Waals surface area (Å²) in [5.74, 6) is 1.54. The zero-order valence-electron chi connectivity index (χ0n) is 10.2. The minimum atomic E-state index is 0.659. The second-order valence-corrected chi connectivity index (χ2v) is 4.52. The molecule has 3 aromatic carbocycles. The number of ether oxygens (including phenoxy) is 1. The van der Waals surface area contributed by atoms with Crippen LogP contribution >= 0.6 is 0 Å². The summed E-state index contributed by atoms with van der Waals surface area (Å²) in [6.07, 6.45) is 0. The van der Waals surface area contributed by atoms with E-state index >= 15 is 0 Å². The largest absolute Gasteiger partial charge is 0.438 e. The number of hydrogen-bond acceptors (Lipinski definition) is 2. The average molecular weight is 245 g/mol. The highest BCUT2D eigenvalue weighted by atomic mass is 16.5. The van der Waals surface area contributed by atoms with E-state index < -0.39 is 0 Å². The van der Waals surface area contributed by atoms with Gasteiger partial charge in [-0.1, -0.05) is 42.5 Å². The van der Waals surface area contributed by atoms with Gasteiger partial charge in [0, 0.05) is 5.56 Å². The summed E-state index contributed by atoms with van der Waals surface area (Å²) in [7, 11) is 0. The summed E-state index contributed by atoms with van der Waals surface area (Å²) in [6.45, 7) is 0. The third kappa shape index (κ3) is 1.61. The number of rotatable bonds is 1. The fourth-order valence-electron chi connectivity index (χ4n) is 2.41. The van der Waals surface area contributed by atoms with Crippen LogP contribution in [0.1, 0.15) is 5.56 Å². The molecule has 0 spiro atoms. The number of aliphatic imine (C=N–C) groups is 1. The van der Waals surface area contributed by atoms with Gasteiger partial charge in [-0.2, -0.15) is 0 Å². The molecule has 0 aromatic heterocycles. The van der Waals surface area contributed by atoms with Gasteiger partial charge in [0.1, 0.15) is 5.75 Å². The van der Waals surface area contributed by atoms with Crippen LogP contribution < -0.4 is 4.74 Å². The van der Waals surface area contributed by atoms with Gasteiger partial charge in [0.25, 0.3) is 0 Å². The quantitative estimate of drug-likeness (QED) is 0.626. The number of nitrogens with zero attached hydrogens (tertiary/aromatic N) is 1. The molecule has 0 unspecified atom stereocenters. The maximum absolute atomic E-state index is 5.94. The van der Waals surface area contributed by atoms with E-state index in [2.05, 4.69) is 17.1 Å². The Hall–Kier alpha value is -2.61. The van der Waals surface area contributed by atoms with Crippen molar-refractivity contribution in [1.29, 1.82) is 0 Å². The molecule has 1 heterocycles. The van der Waals surface area contributed by atoms with E-state index in [4.69, 9.17) is 4.74 Å². The summed E-state index contributed by atoms with van der Waals surface area (Å²) in [6, 6.07) is 22.2. The molecule has 2 heteroatoms. The second kappa shape index (κ2) is 3.95. The third-order valence-corrected chi connectivity index (χ3v) is 3.29. The Morgan fingerprint density at radius 2 is 1.53 bits per heavy atom. The van der Waals surface area contributed by atoms with E-state index in [1.165, 1.54) is 0 Å². The van der Waals surface area contributed by atoms with E-state index in [1.54, 1.807) is 0 Å². The van der Waals surface area contributed by atoms with Crippen LogP contribution in [0.2, 0.25) is 0 Å². The molecule has 90 valence electrons. The molecule has 0 radical (unpaired) electrons. The Morgan fingerprint density at radius 1 is 0.737 bits per heavy atom. The molecule has 0 amide bonds. The summed E-state index contributed by atoms with van der Waals surface area (Å²) in [4.78, 5) is 4.63. The fourth-order valence-corrected chi connectivity index (χ4v) is 2.41. The minimum Gasteiger partial charge on any atom is -0.438 e. The molecule has 0 atom stereocenters. The van der Waals surface area contributed by atoms with Crippen molar-refractivity contribution in [2.75, 3.05) is 0 Å². The van der Waals surface area contributed by atoms with Gasteiger partial charge in [0.15, 0.2) is 0 Å². The monoisotopic (exact) mass is 245 g/mol. The summed E-state index contributed by atoms with van der Waals surface area (Å²) in [5.41, 5.74) is 1.97. The maximum Gasteiger partial charge on any atom is 0.227 e. The van der Waals surface area contributed by atoms with Crippen LogP contribution in [0.15, 0.2) is 71.7 Å². The molecule has 0 saturated carbocycles. The first kappa shape index (κ1) is 10.3. The standard InChI is InChI=1S/C17H11NO/c1-2-6-13(7-3-1)17-18-14-10-4-8-12-9-5-11-15(19-17)16(12)14/h1-11H. The van der Waals surface area contributed by atoms with Crippen molar-refractivity contribution in [1.82, 2.24) is 0 Å². The van der Waals surface area contributed by atoms with E-state index in [0.29, 0.717) is 5.90 Å². The van der Waals surface area contributed by atoms with Crippen molar-refractivity contribution >= 4 is 22.4 Å². The molecular weight excluding hydrogens is 234 g/mol. The van der Waals surface area contributed by atoms with Crippen LogP contribution in [0.25, 0.3) is 10.8 Å². The molecule has 4 rings (SSSR count). The van der Waals surface area contributed by atoms with Crippen LogP contribution in [0, 0.1) is 0 Å². The maximum atomic E-state index is 5.94. The fraction of sp³-hybridized carbons (Fsp3) is 0. The number of benzene rings is 3. The molecule has 2 nitrogen and oxygen atoms in total. The Labute approximate surface area is 111 Å². The topological polar surface area (TPSA) is 21.6 Å². The molecule has 1 aliphatic heterocycles. The van der Waals surface area contributed by atoms with E-state index in [1.807, 2.05) is 54.6 Å². The lowest BCUT2D eigenvalue weighted by Gasteiger charge is -2.17. The molecule has 0 saturated heterocycles. The predicted molar refractivity (Wildman–Crippen MR) is 77.2 cm³/mol. The summed E-state index contributed by atoms with van der Waals surface area (Å²) >= 11 is 0. The van der Waals surface area contributed by atoms with Gasteiger partial charge in [-0.25, -0.2) is 4.99 Å². The van der Waals surface area contributed by atoms with Gasteiger partial charge in [0.2, 0.25) is 5.90 Å². The van der Waals surface area contributed by atoms with Gasteiger partial charge in [-0.3, -0.25) is 0 Å². The molecule has 0 bridgehead atoms. The zero-order valence-corrected chi connectivity index (χ0v) is 10.2. The zero-order chi connectivity index (χ0) is 12.7. The first-order valence-electron chi connectivity index (χ1n) is 6.25. The lowest BCUT2D eigenvalue weighted by Crippen LogP contribution is -2.12. The highest BCUT2D eigenvalue weighted by Crippen LogP contribution is 2.37. The van der Waals surface area contributed by atoms with Crippen molar-refractivity contribution in [3.63, 3.8) is 0 Å². The minimum absolute atomic E-state index is 0.659. The summed E-state index contributed by atoms with van der Waals surface area (Å²) < 4.78 is 5.94. The Kier molecular flexibility index (Phi) is 2.15. The molecular formula is C17H11NO. The van der Waals surface area contributed by atoms with Crippen molar-refractivity contribution in [3.8, 4) is 5.75 Å². The Morgan fingerprint density at radius 3 is 2.37 bits per heavy atom. The molecule has 0 aliphatic carbocycles. The van der Waals surface area contributed by atoms with Crippen LogP contribution in [-0.4, -0.2) is 5.90 Å². The van der Waals surface area contributed by atoms with Crippen LogP contribution in [0.4, 0.5) is 5.69 Å². The molecule has 0 N–H and O–H groups in total. The van der Waals surface area contributed by atoms with Gasteiger partial charge in [-0.15, -0.1) is 0 Å². The Balaban J connectivity index is 1.96. The van der Waals surface area contributed by atoms with E-state index in [9.17, 15) is 0 Å². The van der Waals surface area contributed by atoms with Crippen LogP contribution in [0.3, 0.4) is 0 Å². The predicted octanol–water partition coefficient (Wildman–Crippen LogP) is 4.31. The lowest BCUT2D eigenvalue weighted by atomic mass is 10.1. The summed E-state index contributed by atoms with van der Waals surface area (Å²) in [5, 5.41) is 2.25. The van der Waals surface area contributed by atoms with Crippen molar-refractivity contribution in [3.05, 3.63) is 72.3 Å². The van der Waals surface area contributed by atoms with Crippen molar-refractivity contribution < 1.29 is 4.74 Å². The highest BCUT2D eigenvalue weighted by Gasteiger charge is 2.16. The first-order valence-corrected chi connectivity index (χ1v) is 6.25. The van der Waals surface area contributed by atoms with Gasteiger partial charge in [-0.05, 0) is 29.7 Å². The highest BCUT2D eigenvalue weighted by molar-refractivity contribution is 6.07. The molecule has 19 heavy (non-hydrogen) atoms. The van der Waals surface area contributed by atoms with Gasteiger partial charge < -0.3 is 4.74 Å². The third-order valence-electron chi connectivity index (χ3n) is 3.29. The normalized spacial score (nSPS) is 12.9. The van der Waals surface area contributed by atoms with E-state index in [0.717, 1.165) is 27.8 Å². The van der Waals surface area contributed by atoms with Crippen LogP contribution in [0.5, 0.6) is 5.75 Å². The number of hydrogen-bond donors (Lipinski definition) is 0.